The lowest BCUT2D eigenvalue weighted by molar-refractivity contribution is 0.0687. The number of aliphatic hydroxyl groups excluding tert-OH is 1. The van der Waals surface area contributed by atoms with Crippen molar-refractivity contribution in [3.05, 3.63) is 83.3 Å². The Hall–Kier alpha value is -3.13. The summed E-state index contributed by atoms with van der Waals surface area (Å²) in [6.07, 6.45) is 5.15. The molecule has 1 atom stereocenters. The van der Waals surface area contributed by atoms with E-state index in [1.54, 1.807) is 50.6 Å². The summed E-state index contributed by atoms with van der Waals surface area (Å²) in [5.41, 5.74) is 2.21. The van der Waals surface area contributed by atoms with Crippen LogP contribution in [0.2, 0.25) is 5.02 Å². The molecular weight excluding hydrogens is 443 g/mol. The fourth-order valence-corrected chi connectivity index (χ4v) is 3.86. The third-order valence-corrected chi connectivity index (χ3v) is 5.66. The molecule has 1 unspecified atom stereocenters. The van der Waals surface area contributed by atoms with Gasteiger partial charge in [-0.3, -0.25) is 4.98 Å². The molecule has 33 heavy (non-hydrogen) atoms. The van der Waals surface area contributed by atoms with Gasteiger partial charge in [-0.15, -0.1) is 0 Å². The quantitative estimate of drug-likeness (QED) is 0.344. The second-order valence-corrected chi connectivity index (χ2v) is 8.71. The number of benzene rings is 2. The number of aliphatic hydroxyl groups is 2. The van der Waals surface area contributed by atoms with Crippen molar-refractivity contribution in [2.24, 2.45) is 0 Å². The summed E-state index contributed by atoms with van der Waals surface area (Å²) in [5, 5.41) is 24.1. The fourth-order valence-electron chi connectivity index (χ4n) is 3.65. The second-order valence-electron chi connectivity index (χ2n) is 8.30. The van der Waals surface area contributed by atoms with Gasteiger partial charge in [-0.05, 0) is 44.0 Å². The lowest BCUT2D eigenvalue weighted by Gasteiger charge is -2.22. The minimum absolute atomic E-state index is 0.122. The molecule has 0 bridgehead atoms. The Balaban J connectivity index is 1.77. The number of rotatable bonds is 7. The molecule has 4 aromatic rings. The van der Waals surface area contributed by atoms with Crippen molar-refractivity contribution in [1.82, 2.24) is 15.0 Å². The van der Waals surface area contributed by atoms with Gasteiger partial charge in [0.15, 0.2) is 5.82 Å². The first-order chi connectivity index (χ1) is 15.8. The topological polar surface area (TPSA) is 91.2 Å². The lowest BCUT2D eigenvalue weighted by Crippen LogP contribution is -2.19. The van der Waals surface area contributed by atoms with Crippen LogP contribution < -0.4 is 5.32 Å². The highest BCUT2D eigenvalue weighted by molar-refractivity contribution is 6.34. The molecule has 0 radical (unpaired) electrons. The Labute approximate surface area is 196 Å². The van der Waals surface area contributed by atoms with E-state index in [1.807, 2.05) is 18.2 Å². The Morgan fingerprint density at radius 1 is 1.03 bits per heavy atom. The summed E-state index contributed by atoms with van der Waals surface area (Å²) < 4.78 is 14.5. The van der Waals surface area contributed by atoms with Gasteiger partial charge >= 0.3 is 0 Å². The first-order valence-corrected chi connectivity index (χ1v) is 10.9. The summed E-state index contributed by atoms with van der Waals surface area (Å²) >= 11 is 6.51. The molecule has 3 N–H and O–H groups in total. The molecule has 6 nitrogen and oxygen atoms in total. The maximum atomic E-state index is 14.5. The van der Waals surface area contributed by atoms with Crippen molar-refractivity contribution in [3.8, 4) is 11.1 Å². The van der Waals surface area contributed by atoms with Crippen LogP contribution in [-0.2, 0) is 5.60 Å². The maximum absolute atomic E-state index is 14.5. The smallest absolute Gasteiger partial charge is 0.159 e. The summed E-state index contributed by atoms with van der Waals surface area (Å²) in [4.78, 5) is 13.0. The van der Waals surface area contributed by atoms with E-state index in [0.29, 0.717) is 34.0 Å². The van der Waals surface area contributed by atoms with E-state index in [9.17, 15) is 14.6 Å². The highest BCUT2D eigenvalue weighted by Crippen LogP contribution is 2.36. The Bertz CT molecular complexity index is 1280. The summed E-state index contributed by atoms with van der Waals surface area (Å²) in [7, 11) is 0. The second kappa shape index (κ2) is 9.39. The minimum atomic E-state index is -1.13. The third kappa shape index (κ3) is 4.95. The number of aromatic nitrogens is 3. The van der Waals surface area contributed by atoms with E-state index in [1.165, 1.54) is 6.07 Å². The molecule has 8 heteroatoms. The average molecular weight is 467 g/mol. The summed E-state index contributed by atoms with van der Waals surface area (Å²) in [5.74, 6) is -0.0292. The van der Waals surface area contributed by atoms with Gasteiger partial charge in [0.25, 0.3) is 0 Å². The number of pyridine rings is 1. The monoisotopic (exact) mass is 466 g/mol. The summed E-state index contributed by atoms with van der Waals surface area (Å²) in [6.45, 7) is 3.13. The van der Waals surface area contributed by atoms with Crippen molar-refractivity contribution in [2.75, 3.05) is 11.9 Å². The van der Waals surface area contributed by atoms with Crippen molar-refractivity contribution in [3.63, 3.8) is 0 Å². The molecule has 0 aliphatic carbocycles. The molecule has 4 rings (SSSR count). The van der Waals surface area contributed by atoms with Crippen molar-refractivity contribution in [2.45, 2.75) is 31.9 Å². The first kappa shape index (κ1) is 23.0. The van der Waals surface area contributed by atoms with E-state index in [2.05, 4.69) is 20.3 Å². The van der Waals surface area contributed by atoms with Crippen LogP contribution >= 0.6 is 11.6 Å². The van der Waals surface area contributed by atoms with E-state index < -0.39 is 11.6 Å². The van der Waals surface area contributed by atoms with Crippen LogP contribution in [0.1, 0.15) is 37.7 Å². The highest BCUT2D eigenvalue weighted by atomic mass is 35.5. The Morgan fingerprint density at radius 3 is 2.42 bits per heavy atom. The number of hydrogen-bond acceptors (Lipinski definition) is 6. The molecular formula is C25H24ClFN4O2. The zero-order valence-corrected chi connectivity index (χ0v) is 19.0. The number of hydrogen-bond donors (Lipinski definition) is 3. The van der Waals surface area contributed by atoms with Gasteiger partial charge in [0, 0.05) is 41.7 Å². The van der Waals surface area contributed by atoms with E-state index >= 15 is 0 Å². The van der Waals surface area contributed by atoms with Crippen LogP contribution in [0, 0.1) is 5.82 Å². The molecule has 2 aromatic carbocycles. The Kier molecular flexibility index (Phi) is 6.56. The number of anilines is 1. The SMILES string of the molecule is CC(C)(O)c1ncc(-c2ccc3ncc(Cl)c(NC(CCO)c4ccccc4F)c3c2)cn1. The normalized spacial score (nSPS) is 12.7. The Morgan fingerprint density at radius 2 is 1.76 bits per heavy atom. The van der Waals surface area contributed by atoms with Gasteiger partial charge in [-0.1, -0.05) is 35.9 Å². The predicted molar refractivity (Wildman–Crippen MR) is 127 cm³/mol. The van der Waals surface area contributed by atoms with Crippen molar-refractivity contribution >= 4 is 28.2 Å². The van der Waals surface area contributed by atoms with E-state index in [-0.39, 0.29) is 12.4 Å². The molecule has 2 heterocycles. The highest BCUT2D eigenvalue weighted by Gasteiger charge is 2.20. The van der Waals surface area contributed by atoms with Crippen LogP contribution in [0.4, 0.5) is 10.1 Å². The number of nitrogens with one attached hydrogen (secondary N) is 1. The van der Waals surface area contributed by atoms with Crippen LogP contribution in [0.3, 0.4) is 0 Å². The van der Waals surface area contributed by atoms with Crippen molar-refractivity contribution < 1.29 is 14.6 Å². The van der Waals surface area contributed by atoms with Crippen LogP contribution in [0.15, 0.2) is 61.1 Å². The maximum Gasteiger partial charge on any atom is 0.159 e. The van der Waals surface area contributed by atoms with Crippen LogP contribution in [0.25, 0.3) is 22.0 Å². The van der Waals surface area contributed by atoms with Crippen molar-refractivity contribution in [1.29, 1.82) is 0 Å². The van der Waals surface area contributed by atoms with Crippen LogP contribution in [-0.4, -0.2) is 31.8 Å². The first-order valence-electron chi connectivity index (χ1n) is 10.5. The molecule has 0 fully saturated rings. The lowest BCUT2D eigenvalue weighted by atomic mass is 10.0. The molecule has 0 saturated heterocycles. The molecule has 0 saturated carbocycles. The molecule has 170 valence electrons. The standard InChI is InChI=1S/C25H24ClFN4O2/c1-25(2,33)24-29-12-16(13-30-24)15-7-8-21-18(11-15)23(19(26)14-28-21)31-22(9-10-32)17-5-3-4-6-20(17)27/h3-8,11-14,22,32-33H,9-10H2,1-2H3,(H,28,31). The number of fused-ring (bicyclic) bond motifs is 1. The predicted octanol–water partition coefficient (Wildman–Crippen LogP) is 5.25. The van der Waals surface area contributed by atoms with Gasteiger partial charge < -0.3 is 15.5 Å². The minimum Gasteiger partial charge on any atom is -0.396 e. The van der Waals surface area contributed by atoms with Crippen LogP contribution in [0.5, 0.6) is 0 Å². The fraction of sp³-hybridized carbons (Fsp3) is 0.240. The van der Waals surface area contributed by atoms with Gasteiger partial charge in [0.1, 0.15) is 11.4 Å². The van der Waals surface area contributed by atoms with Gasteiger partial charge in [0.05, 0.1) is 22.3 Å². The van der Waals surface area contributed by atoms with Gasteiger partial charge in [-0.25, -0.2) is 14.4 Å². The zero-order valence-electron chi connectivity index (χ0n) is 18.3. The molecule has 0 aliphatic rings. The van der Waals surface area contributed by atoms with E-state index in [0.717, 1.165) is 16.5 Å². The number of nitrogens with zero attached hydrogens (tertiary/aromatic N) is 3. The average Bonchev–Trinajstić information content (AvgIpc) is 2.80. The van der Waals surface area contributed by atoms with E-state index in [4.69, 9.17) is 11.6 Å². The summed E-state index contributed by atoms with van der Waals surface area (Å²) in [6, 6.07) is 11.6. The van der Waals surface area contributed by atoms with Gasteiger partial charge in [-0.2, -0.15) is 0 Å². The molecule has 2 aromatic heterocycles. The molecule has 0 spiro atoms. The zero-order chi connectivity index (χ0) is 23.6. The third-order valence-electron chi connectivity index (χ3n) is 5.37. The molecule has 0 amide bonds. The largest absolute Gasteiger partial charge is 0.396 e. The number of halogens is 2. The molecule has 0 aliphatic heterocycles. The van der Waals surface area contributed by atoms with Gasteiger partial charge in [0.2, 0.25) is 0 Å².